The molecule has 0 bridgehead atoms. The van der Waals surface area contributed by atoms with E-state index < -0.39 is 67.7 Å². The summed E-state index contributed by atoms with van der Waals surface area (Å²) >= 11 is 9.86. The van der Waals surface area contributed by atoms with E-state index in [-0.39, 0.29) is 0 Å². The Morgan fingerprint density at radius 2 is 0.545 bits per heavy atom. The average molecular weight is 367 g/mol. The highest BCUT2D eigenvalue weighted by Crippen LogP contribution is 2.39. The maximum absolute atomic E-state index is 13.6. The van der Waals surface area contributed by atoms with Crippen molar-refractivity contribution in [3.8, 4) is 11.1 Å². The molecule has 0 atom stereocenters. The third kappa shape index (κ3) is 2.21. The van der Waals surface area contributed by atoms with Crippen molar-refractivity contribution in [3.05, 3.63) is 56.6 Å². The minimum absolute atomic E-state index is 1.63. The molecule has 0 spiro atoms. The van der Waals surface area contributed by atoms with Crippen LogP contribution in [0.4, 0.5) is 35.1 Å². The van der Waals surface area contributed by atoms with Gasteiger partial charge in [-0.3, -0.25) is 0 Å². The lowest BCUT2D eigenvalue weighted by molar-refractivity contribution is 0.442. The molecular weight excluding hydrogens is 367 g/mol. The maximum atomic E-state index is 13.6. The van der Waals surface area contributed by atoms with Crippen molar-refractivity contribution in [3.63, 3.8) is 0 Å². The molecule has 0 nitrogen and oxygen atoms in total. The Morgan fingerprint density at radius 1 is 0.364 bits per heavy atom. The first-order chi connectivity index (χ1) is 10.1. The van der Waals surface area contributed by atoms with Crippen molar-refractivity contribution in [1.82, 2.24) is 0 Å². The first-order valence-corrected chi connectivity index (χ1v) is 5.90. The van der Waals surface area contributed by atoms with Crippen LogP contribution in [0.1, 0.15) is 0 Å². The molecule has 0 aliphatic heterocycles. The molecule has 22 heavy (non-hydrogen) atoms. The van der Waals surface area contributed by atoms with Crippen molar-refractivity contribution in [1.29, 1.82) is 0 Å². The highest BCUT2D eigenvalue weighted by atomic mass is 35.5. The highest BCUT2D eigenvalue weighted by molar-refractivity contribution is 6.31. The second-order valence-electron chi connectivity index (χ2n) is 3.89. The molecule has 0 radical (unpaired) electrons. The Bertz CT molecular complexity index is 677. The smallest absolute Gasteiger partial charge is 0.181 e. The van der Waals surface area contributed by atoms with Crippen LogP contribution in [-0.2, 0) is 0 Å². The minimum atomic E-state index is -2.33. The van der Waals surface area contributed by atoms with Crippen molar-refractivity contribution >= 4 is 23.2 Å². The molecule has 0 unspecified atom stereocenters. The number of benzene rings is 2. The van der Waals surface area contributed by atoms with E-state index in [9.17, 15) is 35.1 Å². The van der Waals surface area contributed by atoms with Gasteiger partial charge in [-0.05, 0) is 0 Å². The summed E-state index contributed by atoms with van der Waals surface area (Å²) in [5, 5.41) is -3.26. The molecule has 10 heteroatoms. The van der Waals surface area contributed by atoms with Gasteiger partial charge in [-0.1, -0.05) is 23.2 Å². The minimum Gasteiger partial charge on any atom is -0.203 e. The van der Waals surface area contributed by atoms with Gasteiger partial charge in [-0.15, -0.1) is 0 Å². The topological polar surface area (TPSA) is 0 Å². The molecule has 0 aliphatic carbocycles. The van der Waals surface area contributed by atoms with Gasteiger partial charge in [0.15, 0.2) is 46.5 Å². The van der Waals surface area contributed by atoms with Crippen LogP contribution in [0.15, 0.2) is 0 Å². The zero-order valence-corrected chi connectivity index (χ0v) is 11.3. The fourth-order valence-electron chi connectivity index (χ4n) is 1.65. The maximum Gasteiger partial charge on any atom is 0.181 e. The first-order valence-electron chi connectivity index (χ1n) is 5.14. The predicted octanol–water partition coefficient (Wildman–Crippen LogP) is 5.77. The van der Waals surface area contributed by atoms with Crippen molar-refractivity contribution < 1.29 is 35.1 Å². The van der Waals surface area contributed by atoms with Gasteiger partial charge in [0.25, 0.3) is 0 Å². The molecule has 0 heterocycles. The zero-order chi connectivity index (χ0) is 16.9. The van der Waals surface area contributed by atoms with Crippen LogP contribution in [0, 0.1) is 46.5 Å². The van der Waals surface area contributed by atoms with Gasteiger partial charge in [-0.2, -0.15) is 0 Å². The van der Waals surface area contributed by atoms with Crippen LogP contribution in [-0.4, -0.2) is 0 Å². The average Bonchev–Trinajstić information content (AvgIpc) is 2.50. The number of hydrogen-bond acceptors (Lipinski definition) is 0. The van der Waals surface area contributed by atoms with Gasteiger partial charge in [-0.25, -0.2) is 35.1 Å². The van der Waals surface area contributed by atoms with E-state index in [4.69, 9.17) is 23.2 Å². The molecular formula is C12Cl2F8. The Labute approximate surface area is 126 Å². The summed E-state index contributed by atoms with van der Waals surface area (Å²) in [6.07, 6.45) is 0. The molecule has 0 aromatic heterocycles. The largest absolute Gasteiger partial charge is 0.203 e. The fraction of sp³-hybridized carbons (Fsp3) is 0. The van der Waals surface area contributed by atoms with Gasteiger partial charge in [0, 0.05) is 0 Å². The Balaban J connectivity index is 3.03. The van der Waals surface area contributed by atoms with Crippen LogP contribution in [0.3, 0.4) is 0 Å². The highest BCUT2D eigenvalue weighted by Gasteiger charge is 2.33. The summed E-state index contributed by atoms with van der Waals surface area (Å²) in [5.41, 5.74) is -3.99. The molecule has 118 valence electrons. The summed E-state index contributed by atoms with van der Waals surface area (Å²) in [6, 6.07) is 0. The lowest BCUT2D eigenvalue weighted by atomic mass is 10.0. The van der Waals surface area contributed by atoms with Crippen LogP contribution >= 0.6 is 23.2 Å². The molecule has 2 rings (SSSR count). The van der Waals surface area contributed by atoms with Crippen molar-refractivity contribution in [2.45, 2.75) is 0 Å². The Morgan fingerprint density at radius 3 is 0.727 bits per heavy atom. The van der Waals surface area contributed by atoms with Crippen LogP contribution in [0.5, 0.6) is 0 Å². The Kier molecular flexibility index (Phi) is 4.27. The Hall–Kier alpha value is -1.54. The standard InChI is InChI=1S/C12Cl2F8/c13-3-9(19)5(15)1(6(16)10(3)20)2-7(17)11(21)4(14)12(22)8(2)18. The van der Waals surface area contributed by atoms with E-state index in [0.29, 0.717) is 0 Å². The van der Waals surface area contributed by atoms with Crippen molar-refractivity contribution in [2.75, 3.05) is 0 Å². The van der Waals surface area contributed by atoms with Crippen LogP contribution in [0.25, 0.3) is 11.1 Å². The third-order valence-electron chi connectivity index (χ3n) is 2.67. The van der Waals surface area contributed by atoms with E-state index >= 15 is 0 Å². The van der Waals surface area contributed by atoms with E-state index in [1.807, 2.05) is 0 Å². The summed E-state index contributed by atoms with van der Waals surface area (Å²) in [7, 11) is 0. The molecule has 0 saturated heterocycles. The van der Waals surface area contributed by atoms with E-state index in [1.165, 1.54) is 0 Å². The number of halogens is 10. The third-order valence-corrected chi connectivity index (χ3v) is 3.33. The molecule has 2 aromatic carbocycles. The first kappa shape index (κ1) is 16.8. The molecule has 0 saturated carbocycles. The van der Waals surface area contributed by atoms with Gasteiger partial charge in [0.2, 0.25) is 0 Å². The van der Waals surface area contributed by atoms with Crippen molar-refractivity contribution in [2.24, 2.45) is 0 Å². The van der Waals surface area contributed by atoms with Crippen LogP contribution in [0.2, 0.25) is 10.0 Å². The second kappa shape index (κ2) is 5.58. The molecule has 2 aromatic rings. The van der Waals surface area contributed by atoms with Gasteiger partial charge >= 0.3 is 0 Å². The monoisotopic (exact) mass is 366 g/mol. The summed E-state index contributed by atoms with van der Waals surface area (Å²) in [4.78, 5) is 0. The molecule has 0 amide bonds. The van der Waals surface area contributed by atoms with Gasteiger partial charge in [0.05, 0.1) is 11.1 Å². The number of hydrogen-bond donors (Lipinski definition) is 0. The lowest BCUT2D eigenvalue weighted by Gasteiger charge is -2.12. The predicted molar refractivity (Wildman–Crippen MR) is 61.6 cm³/mol. The van der Waals surface area contributed by atoms with E-state index in [1.54, 1.807) is 0 Å². The van der Waals surface area contributed by atoms with Crippen LogP contribution < -0.4 is 0 Å². The summed E-state index contributed by atoms with van der Waals surface area (Å²) in [5.74, 6) is -18.1. The number of rotatable bonds is 1. The van der Waals surface area contributed by atoms with E-state index in [0.717, 1.165) is 0 Å². The normalized spacial score (nSPS) is 11.2. The van der Waals surface area contributed by atoms with Gasteiger partial charge in [0.1, 0.15) is 10.0 Å². The fourth-order valence-corrected chi connectivity index (χ4v) is 1.98. The second-order valence-corrected chi connectivity index (χ2v) is 4.65. The quantitative estimate of drug-likeness (QED) is 0.341. The zero-order valence-electron chi connectivity index (χ0n) is 9.78. The summed E-state index contributed by atoms with van der Waals surface area (Å²) in [6.45, 7) is 0. The SMILES string of the molecule is Fc1c(F)c(-c2c(F)c(F)c(Cl)c(F)c2F)c(F)c(F)c1Cl. The molecule has 0 fully saturated rings. The molecule has 0 aliphatic rings. The van der Waals surface area contributed by atoms with E-state index in [2.05, 4.69) is 0 Å². The summed E-state index contributed by atoms with van der Waals surface area (Å²) < 4.78 is 108. The molecule has 0 N–H and O–H groups in total. The lowest BCUT2D eigenvalue weighted by Crippen LogP contribution is -2.07. The van der Waals surface area contributed by atoms with Gasteiger partial charge < -0.3 is 0 Å².